The Bertz CT molecular complexity index is 655. The average molecular weight is 279 g/mol. The first-order chi connectivity index (χ1) is 11.3. The van der Waals surface area contributed by atoms with Crippen LogP contribution in [0.15, 0.2) is 18.2 Å². The molecule has 0 spiro atoms. The minimum atomic E-state index is -3.13. The molecule has 1 aliphatic rings. The van der Waals surface area contributed by atoms with Crippen molar-refractivity contribution >= 4 is 11.6 Å². The van der Waals surface area contributed by atoms with E-state index in [1.165, 1.54) is 25.3 Å². The summed E-state index contributed by atoms with van der Waals surface area (Å²) in [7, 11) is 1.41. The minimum Gasteiger partial charge on any atom is -0.372 e. The Morgan fingerprint density at radius 2 is 2.50 bits per heavy atom. The third kappa shape index (κ3) is 2.53. The van der Waals surface area contributed by atoms with Crippen LogP contribution in [0.3, 0.4) is 0 Å². The molecule has 0 saturated carbocycles. The SMILES string of the molecule is [2H]C([2H])([2H])C([2H])([2H])C([2H])([2H])N1CCC(OC)(c2ccc(F)c(Cl)c2)C1. The van der Waals surface area contributed by atoms with Crippen LogP contribution in [0.1, 0.15) is 34.8 Å². The lowest BCUT2D eigenvalue weighted by Crippen LogP contribution is -2.33. The Morgan fingerprint density at radius 1 is 1.67 bits per heavy atom. The summed E-state index contributed by atoms with van der Waals surface area (Å²) in [4.78, 5) is 1.11. The van der Waals surface area contributed by atoms with Crippen molar-refractivity contribution in [2.75, 3.05) is 26.7 Å². The van der Waals surface area contributed by atoms with Gasteiger partial charge in [0.1, 0.15) is 11.4 Å². The molecule has 1 fully saturated rings. The zero-order chi connectivity index (χ0) is 19.3. The molecule has 0 radical (unpaired) electrons. The van der Waals surface area contributed by atoms with Crippen molar-refractivity contribution in [1.82, 2.24) is 4.90 Å². The Hall–Kier alpha value is -0.640. The topological polar surface area (TPSA) is 12.5 Å². The van der Waals surface area contributed by atoms with E-state index in [1.54, 1.807) is 0 Å². The highest BCUT2D eigenvalue weighted by Crippen LogP contribution is 2.36. The first kappa shape index (κ1) is 7.22. The van der Waals surface area contributed by atoms with Gasteiger partial charge in [0.15, 0.2) is 0 Å². The molecule has 0 amide bonds. The number of ether oxygens (including phenoxy) is 1. The van der Waals surface area contributed by atoms with E-state index < -0.39 is 31.1 Å². The smallest absolute Gasteiger partial charge is 0.141 e. The number of nitrogens with zero attached hydrogens (tertiary/aromatic N) is 1. The molecule has 1 aromatic rings. The van der Waals surface area contributed by atoms with Gasteiger partial charge >= 0.3 is 0 Å². The number of methoxy groups -OCH3 is 1. The highest BCUT2D eigenvalue weighted by Gasteiger charge is 2.39. The highest BCUT2D eigenvalue weighted by molar-refractivity contribution is 6.30. The predicted molar refractivity (Wildman–Crippen MR) is 71.4 cm³/mol. The van der Waals surface area contributed by atoms with Gasteiger partial charge in [-0.3, -0.25) is 0 Å². The summed E-state index contributed by atoms with van der Waals surface area (Å²) >= 11 is 5.82. The van der Waals surface area contributed by atoms with E-state index in [2.05, 4.69) is 0 Å². The Labute approximate surface area is 123 Å². The zero-order valence-electron chi connectivity index (χ0n) is 17.0. The summed E-state index contributed by atoms with van der Waals surface area (Å²) in [5.41, 5.74) is -0.510. The van der Waals surface area contributed by atoms with E-state index in [9.17, 15) is 4.39 Å². The fraction of sp³-hybridized carbons (Fsp3) is 0.571. The normalized spacial score (nSPS) is 32.7. The molecule has 1 aromatic carbocycles. The molecule has 1 unspecified atom stereocenters. The molecular weight excluding hydrogens is 253 g/mol. The van der Waals surface area contributed by atoms with Gasteiger partial charge in [-0.1, -0.05) is 24.5 Å². The Kier molecular flexibility index (Phi) is 2.23. The molecule has 1 saturated heterocycles. The summed E-state index contributed by atoms with van der Waals surface area (Å²) in [5.74, 6) is -0.597. The summed E-state index contributed by atoms with van der Waals surface area (Å²) in [6.07, 6.45) is -2.80. The quantitative estimate of drug-likeness (QED) is 0.837. The van der Waals surface area contributed by atoms with E-state index in [0.717, 1.165) is 4.90 Å². The molecule has 100 valence electrons. The molecule has 0 bridgehead atoms. The molecule has 0 aromatic heterocycles. The zero-order valence-corrected chi connectivity index (χ0v) is 10.7. The number of rotatable bonds is 4. The van der Waals surface area contributed by atoms with Crippen molar-refractivity contribution < 1.29 is 18.7 Å². The fourth-order valence-corrected chi connectivity index (χ4v) is 2.44. The van der Waals surface area contributed by atoms with Crippen LogP contribution in [0.5, 0.6) is 0 Å². The molecule has 2 nitrogen and oxygen atoms in total. The summed E-state index contributed by atoms with van der Waals surface area (Å²) in [5, 5.41) is -0.104. The molecule has 1 aliphatic heterocycles. The van der Waals surface area contributed by atoms with Gasteiger partial charge in [0.05, 0.1) is 5.02 Å². The molecule has 0 aliphatic carbocycles. The van der Waals surface area contributed by atoms with Crippen molar-refractivity contribution in [3.8, 4) is 0 Å². The Balaban J connectivity index is 2.36. The number of hydrogen-bond acceptors (Lipinski definition) is 2. The molecule has 18 heavy (non-hydrogen) atoms. The van der Waals surface area contributed by atoms with Crippen LogP contribution in [0.4, 0.5) is 4.39 Å². The second-order valence-electron chi connectivity index (χ2n) is 4.24. The van der Waals surface area contributed by atoms with Crippen molar-refractivity contribution in [1.29, 1.82) is 0 Å². The van der Waals surface area contributed by atoms with E-state index >= 15 is 0 Å². The predicted octanol–water partition coefficient (Wildman–Crippen LogP) is 3.44. The number of hydrogen-bond donors (Lipinski definition) is 0. The van der Waals surface area contributed by atoms with Crippen molar-refractivity contribution in [2.45, 2.75) is 25.2 Å². The van der Waals surface area contributed by atoms with E-state index in [0.29, 0.717) is 5.56 Å². The van der Waals surface area contributed by atoms with E-state index in [-0.39, 0.29) is 24.5 Å². The minimum absolute atomic E-state index is 0.0748. The van der Waals surface area contributed by atoms with Gasteiger partial charge in [0.2, 0.25) is 0 Å². The number of likely N-dealkylation sites (tertiary alicyclic amines) is 1. The Morgan fingerprint density at radius 3 is 3.17 bits per heavy atom. The van der Waals surface area contributed by atoms with Crippen molar-refractivity contribution in [3.05, 3.63) is 34.6 Å². The van der Waals surface area contributed by atoms with E-state index in [4.69, 9.17) is 25.9 Å². The van der Waals surface area contributed by atoms with Gasteiger partial charge in [-0.15, -0.1) is 0 Å². The standard InChI is InChI=1S/C14H19ClFNO/c1-3-7-17-8-6-14(10-17,18-2)11-4-5-13(16)12(15)9-11/h4-5,9H,3,6-8,10H2,1-2H3/i1D3,3D2,7D2. The van der Waals surface area contributed by atoms with E-state index in [1.807, 2.05) is 0 Å². The molecular formula is C14H19ClFNO. The van der Waals surface area contributed by atoms with Gasteiger partial charge in [-0.25, -0.2) is 4.39 Å². The van der Waals surface area contributed by atoms with Gasteiger partial charge in [0.25, 0.3) is 0 Å². The van der Waals surface area contributed by atoms with Gasteiger partial charge in [0, 0.05) is 29.8 Å². The fourth-order valence-electron chi connectivity index (χ4n) is 2.26. The number of halogens is 2. The lowest BCUT2D eigenvalue weighted by Gasteiger charge is -2.29. The maximum absolute atomic E-state index is 13.4. The lowest BCUT2D eigenvalue weighted by molar-refractivity contribution is -0.00582. The van der Waals surface area contributed by atoms with Crippen molar-refractivity contribution in [3.63, 3.8) is 0 Å². The maximum atomic E-state index is 13.4. The van der Waals surface area contributed by atoms with Crippen molar-refractivity contribution in [2.24, 2.45) is 0 Å². The largest absolute Gasteiger partial charge is 0.372 e. The van der Waals surface area contributed by atoms with Crippen LogP contribution in [0, 0.1) is 5.82 Å². The van der Waals surface area contributed by atoms with Gasteiger partial charge < -0.3 is 9.64 Å². The monoisotopic (exact) mass is 278 g/mol. The number of benzene rings is 1. The average Bonchev–Trinajstić information content (AvgIpc) is 2.95. The molecule has 2 rings (SSSR count). The lowest BCUT2D eigenvalue weighted by atomic mass is 9.92. The molecule has 1 heterocycles. The highest BCUT2D eigenvalue weighted by atomic mass is 35.5. The van der Waals surface area contributed by atoms with Crippen LogP contribution in [-0.2, 0) is 10.3 Å². The first-order valence-electron chi connectivity index (χ1n) is 9.04. The van der Waals surface area contributed by atoms with Crippen LogP contribution in [0.2, 0.25) is 5.02 Å². The van der Waals surface area contributed by atoms with Gasteiger partial charge in [-0.05, 0) is 37.0 Å². The second kappa shape index (κ2) is 5.55. The molecule has 4 heteroatoms. The second-order valence-corrected chi connectivity index (χ2v) is 4.64. The molecule has 0 N–H and O–H groups in total. The van der Waals surface area contributed by atoms with Crippen LogP contribution in [-0.4, -0.2) is 31.6 Å². The summed E-state index contributed by atoms with van der Waals surface area (Å²) in [6.45, 7) is -5.89. The summed E-state index contributed by atoms with van der Waals surface area (Å²) in [6, 6.07) is 4.04. The third-order valence-corrected chi connectivity index (χ3v) is 3.57. The molecule has 1 atom stereocenters. The van der Waals surface area contributed by atoms with Gasteiger partial charge in [-0.2, -0.15) is 0 Å². The van der Waals surface area contributed by atoms with Crippen LogP contribution >= 0.6 is 11.6 Å². The summed E-state index contributed by atoms with van der Waals surface area (Å²) < 4.78 is 72.6. The van der Waals surface area contributed by atoms with Crippen LogP contribution < -0.4 is 0 Å². The van der Waals surface area contributed by atoms with Crippen LogP contribution in [0.25, 0.3) is 0 Å². The maximum Gasteiger partial charge on any atom is 0.141 e. The first-order valence-corrected chi connectivity index (χ1v) is 5.92. The third-order valence-electron chi connectivity index (χ3n) is 3.28.